The summed E-state index contributed by atoms with van der Waals surface area (Å²) in [7, 11) is 2.17. The van der Waals surface area contributed by atoms with Gasteiger partial charge < -0.3 is 10.2 Å². The van der Waals surface area contributed by atoms with Crippen LogP contribution in [0.2, 0.25) is 0 Å². The second-order valence-corrected chi connectivity index (χ2v) is 4.19. The van der Waals surface area contributed by atoms with Gasteiger partial charge in [-0.1, -0.05) is 0 Å². The van der Waals surface area contributed by atoms with Gasteiger partial charge in [0.05, 0.1) is 12.5 Å². The molecule has 3 heteroatoms. The van der Waals surface area contributed by atoms with Gasteiger partial charge in [0.25, 0.3) is 0 Å². The molecular formula is C11H18N2O. The molecule has 0 aliphatic heterocycles. The molecule has 2 atom stereocenters. The fourth-order valence-corrected chi connectivity index (χ4v) is 2.19. The predicted molar refractivity (Wildman–Crippen MR) is 55.7 cm³/mol. The lowest BCUT2D eigenvalue weighted by molar-refractivity contribution is 0.0836. The number of nitrogens with zero attached hydrogens (tertiary/aromatic N) is 1. The Morgan fingerprint density at radius 3 is 2.93 bits per heavy atom. The number of hydrogen-bond acceptors (Lipinski definition) is 3. The van der Waals surface area contributed by atoms with E-state index in [9.17, 15) is 0 Å². The summed E-state index contributed by atoms with van der Waals surface area (Å²) in [6.45, 7) is 1.79. The molecule has 0 saturated heterocycles. The first kappa shape index (κ1) is 9.74. The maximum Gasteiger partial charge on any atom is 0.0947 e. The highest BCUT2D eigenvalue weighted by Crippen LogP contribution is 2.31. The van der Waals surface area contributed by atoms with Crippen LogP contribution in [0.15, 0.2) is 23.0 Å². The van der Waals surface area contributed by atoms with Gasteiger partial charge in [0.15, 0.2) is 0 Å². The zero-order valence-electron chi connectivity index (χ0n) is 8.65. The molecule has 1 heterocycles. The van der Waals surface area contributed by atoms with Crippen molar-refractivity contribution >= 4 is 0 Å². The number of furan rings is 1. The van der Waals surface area contributed by atoms with Crippen molar-refractivity contribution in [1.29, 1.82) is 0 Å². The molecule has 1 aliphatic carbocycles. The van der Waals surface area contributed by atoms with E-state index in [1.807, 2.05) is 12.3 Å². The van der Waals surface area contributed by atoms with Gasteiger partial charge in [0.1, 0.15) is 0 Å². The molecule has 1 fully saturated rings. The summed E-state index contributed by atoms with van der Waals surface area (Å²) >= 11 is 0. The molecule has 0 aromatic carbocycles. The highest BCUT2D eigenvalue weighted by Gasteiger charge is 2.32. The molecule has 1 aliphatic rings. The SMILES string of the molecule is CN(Cc1ccoc1)C1CCC1CN. The van der Waals surface area contributed by atoms with Crippen molar-refractivity contribution in [2.24, 2.45) is 11.7 Å². The lowest BCUT2D eigenvalue weighted by atomic mass is 9.78. The van der Waals surface area contributed by atoms with Gasteiger partial charge >= 0.3 is 0 Å². The van der Waals surface area contributed by atoms with E-state index in [0.717, 1.165) is 13.1 Å². The quantitative estimate of drug-likeness (QED) is 0.788. The highest BCUT2D eigenvalue weighted by molar-refractivity contribution is 5.05. The number of nitrogens with two attached hydrogens (primary N) is 1. The fraction of sp³-hybridized carbons (Fsp3) is 0.636. The third-order valence-corrected chi connectivity index (χ3v) is 3.26. The van der Waals surface area contributed by atoms with Gasteiger partial charge in [-0.3, -0.25) is 4.90 Å². The van der Waals surface area contributed by atoms with Crippen LogP contribution >= 0.6 is 0 Å². The molecular weight excluding hydrogens is 176 g/mol. The van der Waals surface area contributed by atoms with Crippen molar-refractivity contribution < 1.29 is 4.42 Å². The Morgan fingerprint density at radius 2 is 2.43 bits per heavy atom. The van der Waals surface area contributed by atoms with E-state index in [-0.39, 0.29) is 0 Å². The molecule has 0 amide bonds. The summed E-state index contributed by atoms with van der Waals surface area (Å²) < 4.78 is 5.05. The van der Waals surface area contributed by atoms with Crippen molar-refractivity contribution in [3.05, 3.63) is 24.2 Å². The van der Waals surface area contributed by atoms with Crippen molar-refractivity contribution in [2.45, 2.75) is 25.4 Å². The van der Waals surface area contributed by atoms with Crippen LogP contribution in [0.1, 0.15) is 18.4 Å². The van der Waals surface area contributed by atoms with Gasteiger partial charge in [-0.25, -0.2) is 0 Å². The van der Waals surface area contributed by atoms with E-state index >= 15 is 0 Å². The molecule has 2 rings (SSSR count). The molecule has 1 aromatic rings. The molecule has 78 valence electrons. The second-order valence-electron chi connectivity index (χ2n) is 4.19. The van der Waals surface area contributed by atoms with E-state index in [1.54, 1.807) is 6.26 Å². The Labute approximate surface area is 84.9 Å². The minimum atomic E-state index is 0.676. The summed E-state index contributed by atoms with van der Waals surface area (Å²) in [4.78, 5) is 2.38. The average molecular weight is 194 g/mol. The molecule has 2 N–H and O–H groups in total. The molecule has 1 saturated carbocycles. The van der Waals surface area contributed by atoms with Crippen LogP contribution in [-0.4, -0.2) is 24.5 Å². The summed E-state index contributed by atoms with van der Waals surface area (Å²) in [5.41, 5.74) is 6.94. The van der Waals surface area contributed by atoms with E-state index < -0.39 is 0 Å². The van der Waals surface area contributed by atoms with Crippen molar-refractivity contribution in [3.63, 3.8) is 0 Å². The molecule has 14 heavy (non-hydrogen) atoms. The average Bonchev–Trinajstić information content (AvgIpc) is 2.55. The van der Waals surface area contributed by atoms with Crippen molar-refractivity contribution in [3.8, 4) is 0 Å². The van der Waals surface area contributed by atoms with Gasteiger partial charge in [-0.05, 0) is 38.4 Å². The Balaban J connectivity index is 1.86. The molecule has 0 spiro atoms. The minimum Gasteiger partial charge on any atom is -0.472 e. The van der Waals surface area contributed by atoms with Gasteiger partial charge in [0, 0.05) is 18.2 Å². The van der Waals surface area contributed by atoms with Gasteiger partial charge in [-0.15, -0.1) is 0 Å². The topological polar surface area (TPSA) is 42.4 Å². The zero-order valence-corrected chi connectivity index (χ0v) is 8.65. The molecule has 1 aromatic heterocycles. The summed E-state index contributed by atoms with van der Waals surface area (Å²) in [6.07, 6.45) is 6.12. The fourth-order valence-electron chi connectivity index (χ4n) is 2.19. The smallest absolute Gasteiger partial charge is 0.0947 e. The van der Waals surface area contributed by atoms with Crippen molar-refractivity contribution in [2.75, 3.05) is 13.6 Å². The summed E-state index contributed by atoms with van der Waals surface area (Å²) in [5, 5.41) is 0. The molecule has 3 nitrogen and oxygen atoms in total. The van der Waals surface area contributed by atoms with Crippen LogP contribution in [0, 0.1) is 5.92 Å². The first-order chi connectivity index (χ1) is 6.81. The zero-order chi connectivity index (χ0) is 9.97. The molecule has 0 radical (unpaired) electrons. The molecule has 2 unspecified atom stereocenters. The first-order valence-electron chi connectivity index (χ1n) is 5.22. The molecule has 0 bridgehead atoms. The number of rotatable bonds is 4. The standard InChI is InChI=1S/C11H18N2O/c1-13(7-9-4-5-14-8-9)11-3-2-10(11)6-12/h4-5,8,10-11H,2-3,6-7,12H2,1H3. The Bertz CT molecular complexity index is 269. The van der Waals surface area contributed by atoms with Crippen LogP contribution in [-0.2, 0) is 6.54 Å². The Kier molecular flexibility index (Phi) is 2.89. The van der Waals surface area contributed by atoms with Crippen LogP contribution < -0.4 is 5.73 Å². The maximum absolute atomic E-state index is 5.69. The van der Waals surface area contributed by atoms with Crippen LogP contribution in [0.4, 0.5) is 0 Å². The Morgan fingerprint density at radius 1 is 1.57 bits per heavy atom. The van der Waals surface area contributed by atoms with E-state index in [1.165, 1.54) is 18.4 Å². The maximum atomic E-state index is 5.69. The third-order valence-electron chi connectivity index (χ3n) is 3.26. The van der Waals surface area contributed by atoms with E-state index in [4.69, 9.17) is 10.2 Å². The first-order valence-corrected chi connectivity index (χ1v) is 5.22. The van der Waals surface area contributed by atoms with Gasteiger partial charge in [0.2, 0.25) is 0 Å². The Hall–Kier alpha value is -0.800. The van der Waals surface area contributed by atoms with Gasteiger partial charge in [-0.2, -0.15) is 0 Å². The van der Waals surface area contributed by atoms with Crippen LogP contribution in [0.25, 0.3) is 0 Å². The highest BCUT2D eigenvalue weighted by atomic mass is 16.3. The van der Waals surface area contributed by atoms with E-state index in [0.29, 0.717) is 12.0 Å². The summed E-state index contributed by atoms with van der Waals surface area (Å²) in [5.74, 6) is 0.701. The number of hydrogen-bond donors (Lipinski definition) is 1. The van der Waals surface area contributed by atoms with Crippen LogP contribution in [0.3, 0.4) is 0 Å². The largest absolute Gasteiger partial charge is 0.472 e. The normalized spacial score (nSPS) is 26.5. The second kappa shape index (κ2) is 4.15. The van der Waals surface area contributed by atoms with Crippen molar-refractivity contribution in [1.82, 2.24) is 4.90 Å². The monoisotopic (exact) mass is 194 g/mol. The third kappa shape index (κ3) is 1.83. The summed E-state index contributed by atoms with van der Waals surface area (Å²) in [6, 6.07) is 2.70. The van der Waals surface area contributed by atoms with Crippen LogP contribution in [0.5, 0.6) is 0 Å². The van der Waals surface area contributed by atoms with E-state index in [2.05, 4.69) is 11.9 Å². The predicted octanol–water partition coefficient (Wildman–Crippen LogP) is 1.45. The lowest BCUT2D eigenvalue weighted by Gasteiger charge is -2.42. The lowest BCUT2D eigenvalue weighted by Crippen LogP contribution is -2.47. The minimum absolute atomic E-state index is 0.676.